The molecule has 0 aromatic heterocycles. The molecule has 0 fully saturated rings. The van der Waals surface area contributed by atoms with E-state index < -0.39 is 22.6 Å². The van der Waals surface area contributed by atoms with Crippen molar-refractivity contribution in [1.82, 2.24) is 5.32 Å². The van der Waals surface area contributed by atoms with Crippen molar-refractivity contribution >= 4 is 29.3 Å². The van der Waals surface area contributed by atoms with Crippen LogP contribution in [0.2, 0.25) is 0 Å². The summed E-state index contributed by atoms with van der Waals surface area (Å²) in [7, 11) is 0. The van der Waals surface area contributed by atoms with E-state index in [0.29, 0.717) is 16.7 Å². The maximum atomic E-state index is 13.9. The van der Waals surface area contributed by atoms with E-state index in [0.717, 1.165) is 5.56 Å². The number of benzene rings is 3. The quantitative estimate of drug-likeness (QED) is 0.332. The van der Waals surface area contributed by atoms with Crippen molar-refractivity contribution in [3.8, 4) is 0 Å². The Morgan fingerprint density at radius 3 is 2.34 bits per heavy atom. The Labute approximate surface area is 183 Å². The van der Waals surface area contributed by atoms with Crippen molar-refractivity contribution < 1.29 is 18.9 Å². The van der Waals surface area contributed by atoms with Crippen LogP contribution in [0, 0.1) is 29.8 Å². The standard InChI is InChI=1S/C24H20FN3O4/c1-15-4-3-5-18(12-15)23(29)27-22(13-17-7-10-20(11-8-17)28(31)32)24(30)26-19-9-6-16(2)21(25)14-19/h3-14H,1-2H3,(H,26,30)(H,27,29)/b22-13-. The molecule has 0 heterocycles. The van der Waals surface area contributed by atoms with Crippen LogP contribution in [0.3, 0.4) is 0 Å². The Morgan fingerprint density at radius 2 is 1.72 bits per heavy atom. The number of nitro groups is 1. The van der Waals surface area contributed by atoms with Crippen LogP contribution < -0.4 is 10.6 Å². The van der Waals surface area contributed by atoms with E-state index in [9.17, 15) is 24.1 Å². The highest BCUT2D eigenvalue weighted by Gasteiger charge is 2.16. The molecule has 3 aromatic rings. The van der Waals surface area contributed by atoms with Gasteiger partial charge in [-0.05, 0) is 67.4 Å². The predicted molar refractivity (Wildman–Crippen MR) is 119 cm³/mol. The van der Waals surface area contributed by atoms with Gasteiger partial charge in [0, 0.05) is 23.4 Å². The lowest BCUT2D eigenvalue weighted by Gasteiger charge is -2.12. The van der Waals surface area contributed by atoms with Crippen LogP contribution in [0.15, 0.2) is 72.4 Å². The molecule has 0 unspecified atom stereocenters. The lowest BCUT2D eigenvalue weighted by molar-refractivity contribution is -0.384. The molecule has 0 aliphatic heterocycles. The minimum atomic E-state index is -0.674. The molecule has 3 aromatic carbocycles. The highest BCUT2D eigenvalue weighted by Crippen LogP contribution is 2.17. The number of carbonyl (C=O) groups is 2. The topological polar surface area (TPSA) is 101 Å². The highest BCUT2D eigenvalue weighted by molar-refractivity contribution is 6.10. The van der Waals surface area contributed by atoms with Gasteiger partial charge in [-0.1, -0.05) is 23.8 Å². The Kier molecular flexibility index (Phi) is 6.74. The second kappa shape index (κ2) is 9.65. The Balaban J connectivity index is 1.91. The summed E-state index contributed by atoms with van der Waals surface area (Å²) in [5.41, 5.74) is 2.13. The molecule has 0 atom stereocenters. The summed E-state index contributed by atoms with van der Waals surface area (Å²) in [6, 6.07) is 16.6. The second-order valence-corrected chi connectivity index (χ2v) is 7.15. The van der Waals surface area contributed by atoms with Gasteiger partial charge in [-0.15, -0.1) is 0 Å². The molecule has 0 saturated heterocycles. The van der Waals surface area contributed by atoms with Crippen molar-refractivity contribution in [2.75, 3.05) is 5.32 Å². The van der Waals surface area contributed by atoms with E-state index in [2.05, 4.69) is 10.6 Å². The van der Waals surface area contributed by atoms with Gasteiger partial charge in [0.05, 0.1) is 4.92 Å². The van der Waals surface area contributed by atoms with Crippen LogP contribution in [0.25, 0.3) is 6.08 Å². The smallest absolute Gasteiger partial charge is 0.272 e. The van der Waals surface area contributed by atoms with Gasteiger partial charge in [-0.3, -0.25) is 19.7 Å². The number of non-ortho nitro benzene ring substituents is 1. The molecule has 8 heteroatoms. The maximum Gasteiger partial charge on any atom is 0.272 e. The van der Waals surface area contributed by atoms with Crippen LogP contribution >= 0.6 is 0 Å². The Morgan fingerprint density at radius 1 is 1.00 bits per heavy atom. The fourth-order valence-electron chi connectivity index (χ4n) is 2.87. The average molecular weight is 433 g/mol. The lowest BCUT2D eigenvalue weighted by atomic mass is 10.1. The minimum Gasteiger partial charge on any atom is -0.321 e. The van der Waals surface area contributed by atoms with E-state index in [1.54, 1.807) is 31.2 Å². The zero-order chi connectivity index (χ0) is 23.3. The van der Waals surface area contributed by atoms with Crippen LogP contribution in [0.1, 0.15) is 27.0 Å². The number of halogens is 1. The molecule has 7 nitrogen and oxygen atoms in total. The van der Waals surface area contributed by atoms with E-state index in [1.165, 1.54) is 42.5 Å². The van der Waals surface area contributed by atoms with E-state index >= 15 is 0 Å². The summed E-state index contributed by atoms with van der Waals surface area (Å²) in [4.78, 5) is 35.9. The van der Waals surface area contributed by atoms with Crippen molar-refractivity contribution in [2.45, 2.75) is 13.8 Å². The average Bonchev–Trinajstić information content (AvgIpc) is 2.76. The summed E-state index contributed by atoms with van der Waals surface area (Å²) < 4.78 is 13.9. The number of hydrogen-bond donors (Lipinski definition) is 2. The molecule has 2 N–H and O–H groups in total. The summed E-state index contributed by atoms with van der Waals surface area (Å²) in [6.07, 6.45) is 1.39. The molecule has 32 heavy (non-hydrogen) atoms. The number of rotatable bonds is 6. The molecule has 3 rings (SSSR count). The minimum absolute atomic E-state index is 0.105. The van der Waals surface area contributed by atoms with Crippen molar-refractivity contribution in [1.29, 1.82) is 0 Å². The first-order valence-corrected chi connectivity index (χ1v) is 9.64. The number of nitro benzene ring substituents is 1. The summed E-state index contributed by atoms with van der Waals surface area (Å²) in [6.45, 7) is 3.44. The second-order valence-electron chi connectivity index (χ2n) is 7.15. The molecule has 2 amide bonds. The van der Waals surface area contributed by atoms with Crippen LogP contribution in [-0.2, 0) is 4.79 Å². The summed E-state index contributed by atoms with van der Waals surface area (Å²) >= 11 is 0. The number of aryl methyl sites for hydroxylation is 2. The third-order valence-corrected chi connectivity index (χ3v) is 4.62. The van der Waals surface area contributed by atoms with Gasteiger partial charge < -0.3 is 10.6 Å². The summed E-state index contributed by atoms with van der Waals surface area (Å²) in [5, 5.41) is 16.0. The van der Waals surface area contributed by atoms with Crippen LogP contribution in [0.5, 0.6) is 0 Å². The monoisotopic (exact) mass is 433 g/mol. The lowest BCUT2D eigenvalue weighted by Crippen LogP contribution is -2.30. The fourth-order valence-corrected chi connectivity index (χ4v) is 2.87. The third kappa shape index (κ3) is 5.63. The summed E-state index contributed by atoms with van der Waals surface area (Å²) in [5.74, 6) is -1.66. The van der Waals surface area contributed by atoms with E-state index in [1.807, 2.05) is 13.0 Å². The number of hydrogen-bond acceptors (Lipinski definition) is 4. The first kappa shape index (κ1) is 22.4. The zero-order valence-electron chi connectivity index (χ0n) is 17.4. The molecule has 0 saturated carbocycles. The zero-order valence-corrected chi connectivity index (χ0v) is 17.4. The third-order valence-electron chi connectivity index (χ3n) is 4.62. The first-order chi connectivity index (χ1) is 15.2. The van der Waals surface area contributed by atoms with Gasteiger partial charge in [0.15, 0.2) is 0 Å². The number of nitrogens with zero attached hydrogens (tertiary/aromatic N) is 1. The molecule has 0 bridgehead atoms. The molecular weight excluding hydrogens is 413 g/mol. The molecule has 0 spiro atoms. The highest BCUT2D eigenvalue weighted by atomic mass is 19.1. The predicted octanol–water partition coefficient (Wildman–Crippen LogP) is 4.76. The number of anilines is 1. The molecule has 162 valence electrons. The Hall–Kier alpha value is -4.33. The molecule has 0 aliphatic carbocycles. The fraction of sp³-hybridized carbons (Fsp3) is 0.0833. The SMILES string of the molecule is Cc1cccc(C(=O)N/C(=C\c2ccc([N+](=O)[O-])cc2)C(=O)Nc2ccc(C)c(F)c2)c1. The van der Waals surface area contributed by atoms with Gasteiger partial charge >= 0.3 is 0 Å². The van der Waals surface area contributed by atoms with Crippen molar-refractivity contribution in [3.63, 3.8) is 0 Å². The number of carbonyl (C=O) groups excluding carboxylic acids is 2. The largest absolute Gasteiger partial charge is 0.321 e. The molecule has 0 aliphatic rings. The first-order valence-electron chi connectivity index (χ1n) is 9.64. The number of amides is 2. The van der Waals surface area contributed by atoms with Gasteiger partial charge in [-0.25, -0.2) is 4.39 Å². The van der Waals surface area contributed by atoms with Gasteiger partial charge in [0.25, 0.3) is 17.5 Å². The van der Waals surface area contributed by atoms with E-state index in [-0.39, 0.29) is 17.1 Å². The van der Waals surface area contributed by atoms with Gasteiger partial charge in [-0.2, -0.15) is 0 Å². The molecular formula is C24H20FN3O4. The van der Waals surface area contributed by atoms with Crippen LogP contribution in [0.4, 0.5) is 15.8 Å². The molecule has 0 radical (unpaired) electrons. The van der Waals surface area contributed by atoms with Crippen molar-refractivity contribution in [3.05, 3.63) is 111 Å². The van der Waals surface area contributed by atoms with Gasteiger partial charge in [0.2, 0.25) is 0 Å². The Bertz CT molecular complexity index is 1220. The van der Waals surface area contributed by atoms with Crippen molar-refractivity contribution in [2.24, 2.45) is 0 Å². The number of nitrogens with one attached hydrogen (secondary N) is 2. The maximum absolute atomic E-state index is 13.9. The van der Waals surface area contributed by atoms with Gasteiger partial charge in [0.1, 0.15) is 11.5 Å². The van der Waals surface area contributed by atoms with E-state index in [4.69, 9.17) is 0 Å². The van der Waals surface area contributed by atoms with Crippen LogP contribution in [-0.4, -0.2) is 16.7 Å². The normalized spacial score (nSPS) is 11.0.